The van der Waals surface area contributed by atoms with Gasteiger partial charge in [0.15, 0.2) is 6.29 Å². The molecule has 0 bridgehead atoms. The molecule has 3 N–H and O–H groups in total. The van der Waals surface area contributed by atoms with Crippen LogP contribution in [0.2, 0.25) is 0 Å². The number of ketones is 1. The van der Waals surface area contributed by atoms with Gasteiger partial charge in [0.2, 0.25) is 23.5 Å². The van der Waals surface area contributed by atoms with E-state index in [1.54, 1.807) is 0 Å². The van der Waals surface area contributed by atoms with Crippen LogP contribution in [0.4, 0.5) is 0 Å². The van der Waals surface area contributed by atoms with Gasteiger partial charge in [-0.3, -0.25) is 24.0 Å². The fourth-order valence-electron chi connectivity index (χ4n) is 5.05. The monoisotopic (exact) mass is 539 g/mol. The molecule has 0 aromatic rings. The van der Waals surface area contributed by atoms with Crippen LogP contribution < -0.4 is 16.0 Å². The van der Waals surface area contributed by atoms with E-state index in [1.807, 2.05) is 6.92 Å². The smallest absolute Gasteiger partial charge is 0.242 e. The van der Waals surface area contributed by atoms with Crippen LogP contribution in [-0.4, -0.2) is 48.9 Å². The number of allylic oxidation sites excluding steroid dienone is 8. The molecular formula is C31H45N3O5. The van der Waals surface area contributed by atoms with Crippen molar-refractivity contribution in [3.05, 3.63) is 47.6 Å². The summed E-state index contributed by atoms with van der Waals surface area (Å²) in [5.74, 6) is -0.524. The topological polar surface area (TPSA) is 121 Å². The lowest BCUT2D eigenvalue weighted by Crippen LogP contribution is -2.50. The van der Waals surface area contributed by atoms with E-state index in [4.69, 9.17) is 0 Å². The molecule has 1 aliphatic carbocycles. The molecule has 1 fully saturated rings. The number of aldehydes is 1. The molecule has 3 amide bonds. The third-order valence-corrected chi connectivity index (χ3v) is 7.41. The summed E-state index contributed by atoms with van der Waals surface area (Å²) in [5, 5.41) is 7.73. The summed E-state index contributed by atoms with van der Waals surface area (Å²) in [6, 6.07) is -0.893. The zero-order valence-corrected chi connectivity index (χ0v) is 23.7. The molecule has 4 atom stereocenters. The van der Waals surface area contributed by atoms with Crippen LogP contribution >= 0.6 is 0 Å². The minimum absolute atomic E-state index is 0.154. The Morgan fingerprint density at radius 2 is 1.90 bits per heavy atom. The predicted octanol–water partition coefficient (Wildman–Crippen LogP) is 3.88. The molecule has 0 aromatic carbocycles. The highest BCUT2D eigenvalue weighted by atomic mass is 16.2. The Morgan fingerprint density at radius 1 is 1.13 bits per heavy atom. The fourth-order valence-corrected chi connectivity index (χ4v) is 5.05. The van der Waals surface area contributed by atoms with E-state index in [0.29, 0.717) is 37.0 Å². The average molecular weight is 540 g/mol. The molecule has 4 unspecified atom stereocenters. The number of hydrogen-bond donors (Lipinski definition) is 3. The van der Waals surface area contributed by atoms with Gasteiger partial charge in [-0.15, -0.1) is 0 Å². The van der Waals surface area contributed by atoms with E-state index >= 15 is 0 Å². The third-order valence-electron chi connectivity index (χ3n) is 7.41. The molecule has 1 heterocycles. The second-order valence-corrected chi connectivity index (χ2v) is 10.4. The van der Waals surface area contributed by atoms with Crippen LogP contribution in [0.5, 0.6) is 0 Å². The second-order valence-electron chi connectivity index (χ2n) is 10.4. The van der Waals surface area contributed by atoms with E-state index in [2.05, 4.69) is 66.3 Å². The standard InChI is InChI=1S/C31H45N3O5/c1-4-6-8-13-23-14-9-10-17-29(37)32-20-30(38)34-28(31(39)33-19-25(36)21-35)16-11-15-24(12-7-5-2)27-18-26(27)22(23)3/h4,6-7,12-13,15,21-22,26-28H,5,8-11,14,16-20H2,1-3H3,(H,32,37)(H,33,39)(H,34,38)/b6-4-,12-7-,23-13-,24-15+. The zero-order valence-electron chi connectivity index (χ0n) is 23.7. The van der Waals surface area contributed by atoms with E-state index in [-0.39, 0.29) is 18.7 Å². The van der Waals surface area contributed by atoms with Crippen molar-refractivity contribution in [2.45, 2.75) is 84.6 Å². The molecule has 0 spiro atoms. The number of carbonyl (C=O) groups is 5. The van der Waals surface area contributed by atoms with Crippen LogP contribution in [0, 0.1) is 17.8 Å². The minimum Gasteiger partial charge on any atom is -0.347 e. The molecule has 39 heavy (non-hydrogen) atoms. The predicted molar refractivity (Wildman–Crippen MR) is 153 cm³/mol. The third kappa shape index (κ3) is 11.5. The van der Waals surface area contributed by atoms with Gasteiger partial charge >= 0.3 is 0 Å². The number of nitrogens with one attached hydrogen (secondary N) is 3. The number of rotatable bonds is 8. The maximum absolute atomic E-state index is 12.7. The lowest BCUT2D eigenvalue weighted by molar-refractivity contribution is -0.132. The van der Waals surface area contributed by atoms with Gasteiger partial charge in [-0.05, 0) is 81.6 Å². The fraction of sp³-hybridized carbons (Fsp3) is 0.581. The van der Waals surface area contributed by atoms with E-state index in [0.717, 1.165) is 38.5 Å². The molecule has 2 aliphatic rings. The summed E-state index contributed by atoms with van der Waals surface area (Å²) in [6.45, 7) is 5.79. The molecule has 0 radical (unpaired) electrons. The summed E-state index contributed by atoms with van der Waals surface area (Å²) in [7, 11) is 0. The first-order valence-corrected chi connectivity index (χ1v) is 14.3. The van der Waals surface area contributed by atoms with Crippen molar-refractivity contribution in [1.29, 1.82) is 0 Å². The van der Waals surface area contributed by atoms with Crippen molar-refractivity contribution in [2.24, 2.45) is 17.8 Å². The van der Waals surface area contributed by atoms with Crippen molar-refractivity contribution in [3.8, 4) is 0 Å². The van der Waals surface area contributed by atoms with E-state index in [1.165, 1.54) is 11.1 Å². The Morgan fingerprint density at radius 3 is 2.62 bits per heavy atom. The first kappa shape index (κ1) is 31.9. The summed E-state index contributed by atoms with van der Waals surface area (Å²) in [4.78, 5) is 59.6. The maximum Gasteiger partial charge on any atom is 0.242 e. The van der Waals surface area contributed by atoms with Crippen molar-refractivity contribution in [2.75, 3.05) is 13.1 Å². The molecule has 0 aromatic heterocycles. The zero-order chi connectivity index (χ0) is 28.6. The Balaban J connectivity index is 2.26. The number of hydrogen-bond acceptors (Lipinski definition) is 5. The van der Waals surface area contributed by atoms with E-state index < -0.39 is 30.2 Å². The first-order chi connectivity index (χ1) is 18.8. The highest BCUT2D eigenvalue weighted by Crippen LogP contribution is 2.52. The maximum atomic E-state index is 12.7. The number of Topliss-reactive ketones (excluding diaryl/α,β-unsaturated/α-hetero) is 1. The highest BCUT2D eigenvalue weighted by Gasteiger charge is 2.43. The molecule has 8 nitrogen and oxygen atoms in total. The summed E-state index contributed by atoms with van der Waals surface area (Å²) < 4.78 is 0. The van der Waals surface area contributed by atoms with Gasteiger partial charge in [-0.25, -0.2) is 0 Å². The Labute approximate surface area is 232 Å². The summed E-state index contributed by atoms with van der Waals surface area (Å²) in [5.41, 5.74) is 2.71. The van der Waals surface area contributed by atoms with Gasteiger partial charge in [-0.2, -0.15) is 0 Å². The van der Waals surface area contributed by atoms with Crippen LogP contribution in [0.3, 0.4) is 0 Å². The number of fused-ring (bicyclic) bond motifs is 1. The van der Waals surface area contributed by atoms with Gasteiger partial charge in [-0.1, -0.05) is 55.9 Å². The summed E-state index contributed by atoms with van der Waals surface area (Å²) >= 11 is 0. The minimum atomic E-state index is -0.893. The van der Waals surface area contributed by atoms with Gasteiger partial charge in [0, 0.05) is 6.42 Å². The van der Waals surface area contributed by atoms with Gasteiger partial charge in [0.05, 0.1) is 13.1 Å². The van der Waals surface area contributed by atoms with E-state index in [9.17, 15) is 24.0 Å². The van der Waals surface area contributed by atoms with Gasteiger partial charge < -0.3 is 16.0 Å². The molecule has 1 saturated carbocycles. The highest BCUT2D eigenvalue weighted by molar-refractivity contribution is 6.26. The Bertz CT molecular complexity index is 994. The molecule has 214 valence electrons. The van der Waals surface area contributed by atoms with Crippen LogP contribution in [-0.2, 0) is 24.0 Å². The lowest BCUT2D eigenvalue weighted by Gasteiger charge is -2.19. The van der Waals surface area contributed by atoms with Crippen LogP contribution in [0.1, 0.15) is 78.6 Å². The molecule has 1 aliphatic heterocycles. The number of carbonyl (C=O) groups excluding carboxylic acids is 5. The molecule has 2 rings (SSSR count). The van der Waals surface area contributed by atoms with Crippen molar-refractivity contribution >= 4 is 29.8 Å². The van der Waals surface area contributed by atoms with Gasteiger partial charge in [0.1, 0.15) is 6.04 Å². The first-order valence-electron chi connectivity index (χ1n) is 14.3. The summed E-state index contributed by atoms with van der Waals surface area (Å²) in [6.07, 6.45) is 20.0. The van der Waals surface area contributed by atoms with Crippen molar-refractivity contribution in [3.63, 3.8) is 0 Å². The van der Waals surface area contributed by atoms with Crippen molar-refractivity contribution < 1.29 is 24.0 Å². The molecular weight excluding hydrogens is 494 g/mol. The Hall–Kier alpha value is -3.29. The lowest BCUT2D eigenvalue weighted by atomic mass is 9.88. The number of amides is 3. The van der Waals surface area contributed by atoms with Gasteiger partial charge in [0.25, 0.3) is 0 Å². The van der Waals surface area contributed by atoms with Crippen LogP contribution in [0.15, 0.2) is 47.6 Å². The van der Waals surface area contributed by atoms with Crippen LogP contribution in [0.25, 0.3) is 0 Å². The largest absolute Gasteiger partial charge is 0.347 e. The normalized spacial score (nSPS) is 28.0. The van der Waals surface area contributed by atoms with Crippen molar-refractivity contribution in [1.82, 2.24) is 16.0 Å². The quantitative estimate of drug-likeness (QED) is 0.246. The second kappa shape index (κ2) is 17.3. The SMILES string of the molecule is C/C=C\C/C=C1/CCCCC(=O)NCC(=O)NC(C(=O)NCC(=O)C=O)CC/C=C(\C=C/CC)C2CC2C1C. The average Bonchev–Trinajstić information content (AvgIpc) is 3.72. The molecule has 8 heteroatoms. The Kier molecular flexibility index (Phi) is 14.2. The molecule has 0 saturated heterocycles.